The number of anilines is 1. The summed E-state index contributed by atoms with van der Waals surface area (Å²) in [7, 11) is -4.53. The molecule has 30 heavy (non-hydrogen) atoms. The number of para-hydroxylation sites is 1. The number of hydrogen-bond acceptors (Lipinski definition) is 4. The topological polar surface area (TPSA) is 103 Å². The van der Waals surface area contributed by atoms with E-state index in [0.717, 1.165) is 5.39 Å². The molecule has 5 N–H and O–H groups in total. The summed E-state index contributed by atoms with van der Waals surface area (Å²) >= 11 is 0. The minimum Gasteiger partial charge on any atom is -0.398 e. The lowest BCUT2D eigenvalue weighted by atomic mass is 10.1. The summed E-state index contributed by atoms with van der Waals surface area (Å²) in [6.45, 7) is 2.72. The molecule has 0 saturated heterocycles. The van der Waals surface area contributed by atoms with Crippen LogP contribution in [0.5, 0.6) is 0 Å². The van der Waals surface area contributed by atoms with Crippen LogP contribution < -0.4 is 16.2 Å². The van der Waals surface area contributed by atoms with Crippen LogP contribution in [0.2, 0.25) is 0 Å². The predicted molar refractivity (Wildman–Crippen MR) is 110 cm³/mol. The quantitative estimate of drug-likeness (QED) is 0.512. The monoisotopic (exact) mass is 440 g/mol. The number of fused-ring (bicyclic) bond motifs is 1. The van der Waals surface area contributed by atoms with Gasteiger partial charge in [0.15, 0.2) is 0 Å². The number of nitrogen functional groups attached to an aromatic ring is 1. The Morgan fingerprint density at radius 1 is 1.17 bits per heavy atom. The van der Waals surface area contributed by atoms with Crippen molar-refractivity contribution >= 4 is 26.6 Å². The molecule has 0 aliphatic rings. The number of rotatable bonds is 6. The summed E-state index contributed by atoms with van der Waals surface area (Å²) < 4.78 is 70.3. The second kappa shape index (κ2) is 7.93. The van der Waals surface area contributed by atoms with E-state index in [2.05, 4.69) is 0 Å². The fourth-order valence-corrected chi connectivity index (χ4v) is 5.19. The van der Waals surface area contributed by atoms with Crippen LogP contribution in [0.25, 0.3) is 10.9 Å². The molecule has 1 aromatic heterocycles. The average molecular weight is 440 g/mol. The number of sulfonamides is 1. The number of halogens is 3. The summed E-state index contributed by atoms with van der Waals surface area (Å²) in [6, 6.07) is 7.50. The van der Waals surface area contributed by atoms with Gasteiger partial charge in [0.05, 0.1) is 5.69 Å². The first-order chi connectivity index (χ1) is 13.9. The lowest BCUT2D eigenvalue weighted by molar-refractivity contribution is -0.154. The first-order valence-corrected chi connectivity index (χ1v) is 10.6. The molecule has 162 valence electrons. The molecule has 6 nitrogen and oxygen atoms in total. The van der Waals surface area contributed by atoms with Crippen molar-refractivity contribution in [3.05, 3.63) is 59.3 Å². The van der Waals surface area contributed by atoms with Gasteiger partial charge in [-0.15, -0.1) is 0 Å². The van der Waals surface area contributed by atoms with Gasteiger partial charge in [-0.1, -0.05) is 24.3 Å². The van der Waals surface area contributed by atoms with Crippen molar-refractivity contribution in [3.8, 4) is 0 Å². The van der Waals surface area contributed by atoms with E-state index in [9.17, 15) is 21.6 Å². The van der Waals surface area contributed by atoms with E-state index in [1.807, 2.05) is 0 Å². The van der Waals surface area contributed by atoms with E-state index in [-0.39, 0.29) is 22.7 Å². The fourth-order valence-electron chi connectivity index (χ4n) is 3.64. The highest BCUT2D eigenvalue weighted by atomic mass is 32.2. The molecule has 10 heteroatoms. The van der Waals surface area contributed by atoms with E-state index in [0.29, 0.717) is 16.6 Å². The van der Waals surface area contributed by atoms with Gasteiger partial charge >= 0.3 is 6.18 Å². The van der Waals surface area contributed by atoms with Crippen molar-refractivity contribution in [3.63, 3.8) is 0 Å². The van der Waals surface area contributed by atoms with Crippen molar-refractivity contribution < 1.29 is 21.6 Å². The van der Waals surface area contributed by atoms with Gasteiger partial charge in [0.1, 0.15) is 10.9 Å². The lowest BCUT2D eigenvalue weighted by Gasteiger charge is -2.23. The number of nitrogens with one attached hydrogen (secondary N) is 1. The van der Waals surface area contributed by atoms with Crippen LogP contribution >= 0.6 is 0 Å². The lowest BCUT2D eigenvalue weighted by Crippen LogP contribution is -2.48. The molecule has 2 aromatic carbocycles. The normalized spacial score (nSPS) is 13.7. The highest BCUT2D eigenvalue weighted by Crippen LogP contribution is 2.29. The molecule has 1 atom stereocenters. The Labute approximate surface area is 172 Å². The first kappa shape index (κ1) is 22.1. The highest BCUT2D eigenvalue weighted by Gasteiger charge is 2.43. The summed E-state index contributed by atoms with van der Waals surface area (Å²) in [5.74, 6) is 0. The zero-order chi connectivity index (χ0) is 22.3. The van der Waals surface area contributed by atoms with E-state index in [1.54, 1.807) is 42.0 Å². The van der Waals surface area contributed by atoms with E-state index in [4.69, 9.17) is 11.5 Å². The molecule has 1 heterocycles. The van der Waals surface area contributed by atoms with Gasteiger partial charge in [0, 0.05) is 30.2 Å². The molecule has 0 saturated carbocycles. The van der Waals surface area contributed by atoms with Crippen molar-refractivity contribution in [1.29, 1.82) is 0 Å². The third-order valence-electron chi connectivity index (χ3n) is 4.88. The zero-order valence-corrected chi connectivity index (χ0v) is 17.3. The van der Waals surface area contributed by atoms with Gasteiger partial charge < -0.3 is 16.0 Å². The average Bonchev–Trinajstić information content (AvgIpc) is 2.97. The third-order valence-corrected chi connectivity index (χ3v) is 6.57. The minimum absolute atomic E-state index is 0.0993. The standard InChI is InChI=1S/C20H23F3N4O2S/c1-12-7-13(2)19(16(25)8-12)30(28,29)26-18(20(21,22)23)11-27-10-14(9-24)15-5-3-4-6-17(15)27/h3-8,10,18,26H,9,11,24-25H2,1-2H3. The van der Waals surface area contributed by atoms with Crippen LogP contribution in [0.15, 0.2) is 47.5 Å². The van der Waals surface area contributed by atoms with Gasteiger partial charge in [0.25, 0.3) is 0 Å². The Kier molecular flexibility index (Phi) is 5.85. The SMILES string of the molecule is Cc1cc(C)c(S(=O)(=O)NC(Cn2cc(CN)c3ccccc32)C(F)(F)F)c(N)c1. The Morgan fingerprint density at radius 3 is 2.43 bits per heavy atom. The van der Waals surface area contributed by atoms with Crippen molar-refractivity contribution in [2.75, 3.05) is 5.73 Å². The maximum Gasteiger partial charge on any atom is 0.406 e. The van der Waals surface area contributed by atoms with E-state index >= 15 is 0 Å². The van der Waals surface area contributed by atoms with Gasteiger partial charge in [0.2, 0.25) is 10.0 Å². The Balaban J connectivity index is 2.01. The molecule has 0 amide bonds. The summed E-state index contributed by atoms with van der Waals surface area (Å²) in [4.78, 5) is -0.345. The number of nitrogens with zero attached hydrogens (tertiary/aromatic N) is 1. The Morgan fingerprint density at radius 2 is 1.83 bits per heavy atom. The van der Waals surface area contributed by atoms with E-state index in [1.165, 1.54) is 23.8 Å². The Hall–Kier alpha value is -2.56. The van der Waals surface area contributed by atoms with Crippen LogP contribution in [-0.4, -0.2) is 25.2 Å². The Bertz CT molecular complexity index is 1160. The predicted octanol–water partition coefficient (Wildman–Crippen LogP) is 3.21. The number of alkyl halides is 3. The van der Waals surface area contributed by atoms with Gasteiger partial charge in [-0.25, -0.2) is 8.42 Å². The third kappa shape index (κ3) is 4.30. The minimum atomic E-state index is -4.82. The molecule has 0 aliphatic heterocycles. The molecule has 3 aromatic rings. The number of aryl methyl sites for hydroxylation is 2. The highest BCUT2D eigenvalue weighted by molar-refractivity contribution is 7.89. The molecule has 3 rings (SSSR count). The fraction of sp³-hybridized carbons (Fsp3) is 0.300. The number of nitrogens with two attached hydrogens (primary N) is 2. The summed E-state index contributed by atoms with van der Waals surface area (Å²) in [5.41, 5.74) is 13.6. The summed E-state index contributed by atoms with van der Waals surface area (Å²) in [6.07, 6.45) is -3.31. The van der Waals surface area contributed by atoms with Crippen LogP contribution in [0.4, 0.5) is 18.9 Å². The summed E-state index contributed by atoms with van der Waals surface area (Å²) in [5, 5.41) is 0.724. The van der Waals surface area contributed by atoms with Crippen LogP contribution in [0.1, 0.15) is 16.7 Å². The first-order valence-electron chi connectivity index (χ1n) is 9.16. The van der Waals surface area contributed by atoms with Gasteiger partial charge in [-0.3, -0.25) is 0 Å². The number of benzene rings is 2. The van der Waals surface area contributed by atoms with Crippen LogP contribution in [0, 0.1) is 13.8 Å². The molecule has 0 aliphatic carbocycles. The second-order valence-electron chi connectivity index (χ2n) is 7.24. The molecule has 0 radical (unpaired) electrons. The van der Waals surface area contributed by atoms with Crippen molar-refractivity contribution in [2.24, 2.45) is 5.73 Å². The smallest absolute Gasteiger partial charge is 0.398 e. The molecule has 0 fully saturated rings. The zero-order valence-electron chi connectivity index (χ0n) is 16.5. The molecular weight excluding hydrogens is 417 g/mol. The largest absolute Gasteiger partial charge is 0.406 e. The molecule has 0 bridgehead atoms. The molecular formula is C20H23F3N4O2S. The maximum absolute atomic E-state index is 13.8. The van der Waals surface area contributed by atoms with Crippen molar-refractivity contribution in [1.82, 2.24) is 9.29 Å². The van der Waals surface area contributed by atoms with Crippen LogP contribution in [0.3, 0.4) is 0 Å². The van der Waals surface area contributed by atoms with E-state index < -0.39 is 28.8 Å². The molecule has 1 unspecified atom stereocenters. The number of hydrogen-bond donors (Lipinski definition) is 3. The van der Waals surface area contributed by atoms with Crippen molar-refractivity contribution in [2.45, 2.75) is 44.1 Å². The number of aromatic nitrogens is 1. The molecule has 0 spiro atoms. The van der Waals surface area contributed by atoms with Gasteiger partial charge in [-0.2, -0.15) is 17.9 Å². The van der Waals surface area contributed by atoms with Gasteiger partial charge in [-0.05, 0) is 42.7 Å². The van der Waals surface area contributed by atoms with Crippen LogP contribution in [-0.2, 0) is 23.1 Å². The maximum atomic E-state index is 13.8. The second-order valence-corrected chi connectivity index (χ2v) is 8.89.